The van der Waals surface area contributed by atoms with Gasteiger partial charge >= 0.3 is 0 Å². The van der Waals surface area contributed by atoms with E-state index in [0.29, 0.717) is 17.9 Å². The number of unbranched alkanes of at least 4 members (excludes halogenated alkanes) is 2. The van der Waals surface area contributed by atoms with Gasteiger partial charge in [-0.1, -0.05) is 32.6 Å². The second-order valence-corrected chi connectivity index (χ2v) is 5.48. The molecule has 1 rings (SSSR count). The van der Waals surface area contributed by atoms with Crippen LogP contribution in [0.5, 0.6) is 0 Å². The van der Waals surface area contributed by atoms with Gasteiger partial charge in [-0.25, -0.2) is 0 Å². The molecular formula is C15H30N2O. The molecule has 2 unspecified atom stereocenters. The van der Waals surface area contributed by atoms with Gasteiger partial charge in [0.05, 0.1) is 0 Å². The number of rotatable bonds is 7. The molecule has 106 valence electrons. The van der Waals surface area contributed by atoms with E-state index in [-0.39, 0.29) is 0 Å². The minimum absolute atomic E-state index is 0.344. The van der Waals surface area contributed by atoms with Crippen molar-refractivity contribution in [1.82, 2.24) is 4.90 Å². The second-order valence-electron chi connectivity index (χ2n) is 5.48. The molecule has 0 radical (unpaired) electrons. The maximum absolute atomic E-state index is 12.3. The molecule has 0 aliphatic heterocycles. The first kappa shape index (κ1) is 15.5. The smallest absolute Gasteiger partial charge is 0.222 e. The Morgan fingerprint density at radius 2 is 1.94 bits per heavy atom. The Morgan fingerprint density at radius 3 is 2.56 bits per heavy atom. The van der Waals surface area contributed by atoms with Gasteiger partial charge in [0, 0.05) is 19.0 Å². The highest BCUT2D eigenvalue weighted by atomic mass is 16.2. The maximum Gasteiger partial charge on any atom is 0.222 e. The van der Waals surface area contributed by atoms with Crippen LogP contribution in [0.15, 0.2) is 0 Å². The van der Waals surface area contributed by atoms with Crippen molar-refractivity contribution in [2.24, 2.45) is 11.7 Å². The van der Waals surface area contributed by atoms with E-state index in [2.05, 4.69) is 18.7 Å². The molecule has 0 spiro atoms. The van der Waals surface area contributed by atoms with Crippen molar-refractivity contribution >= 4 is 5.91 Å². The molecular weight excluding hydrogens is 224 g/mol. The lowest BCUT2D eigenvalue weighted by Gasteiger charge is -2.39. The van der Waals surface area contributed by atoms with Crippen molar-refractivity contribution < 1.29 is 4.79 Å². The largest absolute Gasteiger partial charge is 0.340 e. The monoisotopic (exact) mass is 254 g/mol. The van der Waals surface area contributed by atoms with Crippen LogP contribution in [0.2, 0.25) is 0 Å². The Labute approximate surface area is 112 Å². The van der Waals surface area contributed by atoms with Gasteiger partial charge in [-0.05, 0) is 38.6 Å². The number of hydrogen-bond donors (Lipinski definition) is 1. The van der Waals surface area contributed by atoms with Gasteiger partial charge in [-0.15, -0.1) is 0 Å². The number of nitrogens with zero attached hydrogens (tertiary/aromatic N) is 1. The second kappa shape index (κ2) is 8.52. The lowest BCUT2D eigenvalue weighted by Crippen LogP contribution is -2.47. The molecule has 0 aromatic rings. The quantitative estimate of drug-likeness (QED) is 0.710. The van der Waals surface area contributed by atoms with Crippen molar-refractivity contribution in [2.75, 3.05) is 13.1 Å². The molecule has 0 saturated heterocycles. The fourth-order valence-electron chi connectivity index (χ4n) is 3.14. The SMILES string of the molecule is CCCCCC(=O)N(CC)C1CCCCC1CN. The summed E-state index contributed by atoms with van der Waals surface area (Å²) < 4.78 is 0. The minimum atomic E-state index is 0.344. The third kappa shape index (κ3) is 4.27. The number of nitrogens with two attached hydrogens (primary N) is 1. The molecule has 0 aromatic heterocycles. The topological polar surface area (TPSA) is 46.3 Å². The van der Waals surface area contributed by atoms with Crippen molar-refractivity contribution in [2.45, 2.75) is 71.3 Å². The Morgan fingerprint density at radius 1 is 1.22 bits per heavy atom. The summed E-state index contributed by atoms with van der Waals surface area (Å²) in [6.45, 7) is 5.84. The first-order valence-corrected chi connectivity index (χ1v) is 7.74. The first-order valence-electron chi connectivity index (χ1n) is 7.74. The molecule has 3 nitrogen and oxygen atoms in total. The summed E-state index contributed by atoms with van der Waals surface area (Å²) in [6, 6.07) is 0.405. The van der Waals surface area contributed by atoms with E-state index < -0.39 is 0 Å². The molecule has 1 amide bonds. The highest BCUT2D eigenvalue weighted by molar-refractivity contribution is 5.76. The Bertz CT molecular complexity index is 243. The van der Waals surface area contributed by atoms with E-state index in [1.165, 1.54) is 25.7 Å². The van der Waals surface area contributed by atoms with Gasteiger partial charge in [-0.2, -0.15) is 0 Å². The molecule has 3 heteroatoms. The zero-order valence-corrected chi connectivity index (χ0v) is 12.2. The van der Waals surface area contributed by atoms with Crippen LogP contribution in [0, 0.1) is 5.92 Å². The van der Waals surface area contributed by atoms with Crippen LogP contribution in [-0.4, -0.2) is 29.9 Å². The zero-order chi connectivity index (χ0) is 13.4. The summed E-state index contributed by atoms with van der Waals surface area (Å²) in [5, 5.41) is 0. The van der Waals surface area contributed by atoms with Gasteiger partial charge in [0.25, 0.3) is 0 Å². The highest BCUT2D eigenvalue weighted by Crippen LogP contribution is 2.28. The van der Waals surface area contributed by atoms with E-state index in [1.807, 2.05) is 0 Å². The van der Waals surface area contributed by atoms with Crippen LogP contribution < -0.4 is 5.73 Å². The Balaban J connectivity index is 2.54. The van der Waals surface area contributed by atoms with Gasteiger partial charge in [0.1, 0.15) is 0 Å². The van der Waals surface area contributed by atoms with Crippen LogP contribution in [-0.2, 0) is 4.79 Å². The third-order valence-corrected chi connectivity index (χ3v) is 4.23. The van der Waals surface area contributed by atoms with E-state index in [4.69, 9.17) is 5.73 Å². The van der Waals surface area contributed by atoms with Crippen molar-refractivity contribution in [1.29, 1.82) is 0 Å². The number of carbonyl (C=O) groups excluding carboxylic acids is 1. The van der Waals surface area contributed by atoms with Crippen LogP contribution >= 0.6 is 0 Å². The fourth-order valence-corrected chi connectivity index (χ4v) is 3.14. The van der Waals surface area contributed by atoms with E-state index in [9.17, 15) is 4.79 Å². The molecule has 1 fully saturated rings. The van der Waals surface area contributed by atoms with Crippen molar-refractivity contribution in [3.05, 3.63) is 0 Å². The third-order valence-electron chi connectivity index (χ3n) is 4.23. The molecule has 1 aliphatic rings. The fraction of sp³-hybridized carbons (Fsp3) is 0.933. The Kier molecular flexibility index (Phi) is 7.33. The first-order chi connectivity index (χ1) is 8.74. The molecule has 2 N–H and O–H groups in total. The average Bonchev–Trinajstić information content (AvgIpc) is 2.40. The summed E-state index contributed by atoms with van der Waals surface area (Å²) >= 11 is 0. The van der Waals surface area contributed by atoms with Gasteiger partial charge in [0.2, 0.25) is 5.91 Å². The predicted molar refractivity (Wildman–Crippen MR) is 76.3 cm³/mol. The lowest BCUT2D eigenvalue weighted by atomic mass is 9.83. The zero-order valence-electron chi connectivity index (χ0n) is 12.2. The standard InChI is InChI=1S/C15H30N2O/c1-3-5-6-11-15(18)17(4-2)14-10-8-7-9-13(14)12-16/h13-14H,3-12,16H2,1-2H3. The van der Waals surface area contributed by atoms with Crippen LogP contribution in [0.25, 0.3) is 0 Å². The molecule has 18 heavy (non-hydrogen) atoms. The van der Waals surface area contributed by atoms with Gasteiger partial charge in [-0.3, -0.25) is 4.79 Å². The predicted octanol–water partition coefficient (Wildman–Crippen LogP) is 2.93. The van der Waals surface area contributed by atoms with Crippen molar-refractivity contribution in [3.63, 3.8) is 0 Å². The maximum atomic E-state index is 12.3. The molecule has 0 bridgehead atoms. The van der Waals surface area contributed by atoms with Gasteiger partial charge in [0.15, 0.2) is 0 Å². The van der Waals surface area contributed by atoms with Gasteiger partial charge < -0.3 is 10.6 Å². The van der Waals surface area contributed by atoms with E-state index in [0.717, 1.165) is 38.8 Å². The van der Waals surface area contributed by atoms with Crippen LogP contribution in [0.3, 0.4) is 0 Å². The molecule has 0 aromatic carbocycles. The Hall–Kier alpha value is -0.570. The molecule has 1 aliphatic carbocycles. The van der Waals surface area contributed by atoms with E-state index in [1.54, 1.807) is 0 Å². The summed E-state index contributed by atoms with van der Waals surface area (Å²) in [4.78, 5) is 14.4. The lowest BCUT2D eigenvalue weighted by molar-refractivity contribution is -0.135. The number of hydrogen-bond acceptors (Lipinski definition) is 2. The molecule has 1 saturated carbocycles. The van der Waals surface area contributed by atoms with Crippen LogP contribution in [0.1, 0.15) is 65.2 Å². The molecule has 2 atom stereocenters. The average molecular weight is 254 g/mol. The highest BCUT2D eigenvalue weighted by Gasteiger charge is 2.30. The summed E-state index contributed by atoms with van der Waals surface area (Å²) in [6.07, 6.45) is 8.96. The number of amides is 1. The summed E-state index contributed by atoms with van der Waals surface area (Å²) in [5.41, 5.74) is 5.87. The van der Waals surface area contributed by atoms with E-state index >= 15 is 0 Å². The number of carbonyl (C=O) groups is 1. The summed E-state index contributed by atoms with van der Waals surface area (Å²) in [7, 11) is 0. The van der Waals surface area contributed by atoms with Crippen LogP contribution in [0.4, 0.5) is 0 Å². The van der Waals surface area contributed by atoms with Crippen molar-refractivity contribution in [3.8, 4) is 0 Å². The normalized spacial score (nSPS) is 23.9. The molecule has 0 heterocycles. The minimum Gasteiger partial charge on any atom is -0.340 e. The summed E-state index contributed by atoms with van der Waals surface area (Å²) in [5.74, 6) is 0.866.